The van der Waals surface area contributed by atoms with E-state index in [1.807, 2.05) is 78.9 Å². The van der Waals surface area contributed by atoms with Crippen LogP contribution in [-0.4, -0.2) is 15.0 Å². The van der Waals surface area contributed by atoms with Gasteiger partial charge in [-0.05, 0) is 66.5 Å². The Labute approximate surface area is 177 Å². The summed E-state index contributed by atoms with van der Waals surface area (Å²) in [5.41, 5.74) is 10.1. The molecule has 0 saturated carbocycles. The summed E-state index contributed by atoms with van der Waals surface area (Å²) in [6.45, 7) is 0. The van der Waals surface area contributed by atoms with Gasteiger partial charge in [0, 0.05) is 27.9 Å². The third kappa shape index (κ3) is 3.83. The van der Waals surface area contributed by atoms with Crippen LogP contribution in [0.3, 0.4) is 0 Å². The second-order valence-corrected chi connectivity index (χ2v) is 7.60. The number of nitrogens with one attached hydrogen (secondary N) is 2. The minimum atomic E-state index is 0.646. The summed E-state index contributed by atoms with van der Waals surface area (Å²) < 4.78 is 3.32. The lowest BCUT2D eigenvalue weighted by Gasteiger charge is -2.13. The van der Waals surface area contributed by atoms with Crippen molar-refractivity contribution in [3.63, 3.8) is 0 Å². The first-order valence-electron chi connectivity index (χ1n) is 9.42. The molecule has 30 heavy (non-hydrogen) atoms. The molecule has 146 valence electrons. The fraction of sp³-hybridized carbons (Fsp3) is 0. The first-order chi connectivity index (χ1) is 14.7. The maximum Gasteiger partial charge on any atom is 0.180 e. The molecule has 0 spiro atoms. The van der Waals surface area contributed by atoms with E-state index in [1.54, 1.807) is 6.20 Å². The predicted molar refractivity (Wildman–Crippen MR) is 125 cm³/mol. The third-order valence-corrected chi connectivity index (χ3v) is 5.34. The van der Waals surface area contributed by atoms with Gasteiger partial charge in [0.25, 0.3) is 0 Å². The average molecular weight is 411 g/mol. The van der Waals surface area contributed by atoms with Gasteiger partial charge < -0.3 is 15.8 Å². The number of aromatic nitrogens is 3. The lowest BCUT2D eigenvalue weighted by atomic mass is 10.2. The van der Waals surface area contributed by atoms with Crippen molar-refractivity contribution >= 4 is 56.9 Å². The number of nitrogens with two attached hydrogens (primary N) is 1. The maximum absolute atomic E-state index is 5.89. The summed E-state index contributed by atoms with van der Waals surface area (Å²) in [4.78, 5) is 14.9. The molecule has 0 unspecified atom stereocenters. The van der Waals surface area contributed by atoms with Gasteiger partial charge in [0.15, 0.2) is 11.6 Å². The second kappa shape index (κ2) is 7.88. The van der Waals surface area contributed by atoms with Crippen molar-refractivity contribution in [1.82, 2.24) is 15.0 Å². The molecule has 0 atom stereocenters. The Balaban J connectivity index is 1.50. The highest BCUT2D eigenvalue weighted by Crippen LogP contribution is 2.30. The molecular weight excluding hydrogens is 392 g/mol. The van der Waals surface area contributed by atoms with E-state index in [1.165, 1.54) is 11.9 Å². The van der Waals surface area contributed by atoms with E-state index in [9.17, 15) is 0 Å². The molecule has 4 N–H and O–H groups in total. The standard InChI is InChI=1S/C23H18N6S/c24-16-6-3-7-18(14-16)30-29-23-22(27-20-8-1-2-9-21(20)28-23)26-17-10-11-19-15(13-17)5-4-12-25-19/h1-14H,24H2,(H,26,27)(H,28,29). The van der Waals surface area contributed by atoms with Crippen LogP contribution in [0.5, 0.6) is 0 Å². The first-order valence-corrected chi connectivity index (χ1v) is 10.2. The molecule has 2 heterocycles. The van der Waals surface area contributed by atoms with Crippen LogP contribution in [0, 0.1) is 0 Å². The topological polar surface area (TPSA) is 88.8 Å². The van der Waals surface area contributed by atoms with E-state index in [0.29, 0.717) is 11.6 Å². The average Bonchev–Trinajstić information content (AvgIpc) is 2.77. The molecule has 6 nitrogen and oxygen atoms in total. The molecule has 0 aliphatic carbocycles. The Bertz CT molecular complexity index is 1350. The third-order valence-electron chi connectivity index (χ3n) is 4.56. The van der Waals surface area contributed by atoms with Crippen LogP contribution in [0.15, 0.2) is 90.0 Å². The summed E-state index contributed by atoms with van der Waals surface area (Å²) in [5.74, 6) is 1.29. The number of rotatable bonds is 5. The van der Waals surface area contributed by atoms with Crippen molar-refractivity contribution in [2.24, 2.45) is 0 Å². The molecule has 0 radical (unpaired) electrons. The Morgan fingerprint density at radius 2 is 1.57 bits per heavy atom. The number of pyridine rings is 1. The number of para-hydroxylation sites is 2. The van der Waals surface area contributed by atoms with Crippen LogP contribution < -0.4 is 15.8 Å². The van der Waals surface area contributed by atoms with Crippen molar-refractivity contribution < 1.29 is 0 Å². The highest BCUT2D eigenvalue weighted by molar-refractivity contribution is 8.00. The Kier molecular flexibility index (Phi) is 4.78. The zero-order valence-electron chi connectivity index (χ0n) is 15.9. The summed E-state index contributed by atoms with van der Waals surface area (Å²) in [7, 11) is 0. The molecule has 0 fully saturated rings. The highest BCUT2D eigenvalue weighted by atomic mass is 32.2. The SMILES string of the molecule is Nc1cccc(SNc2nc3ccccc3nc2Nc2ccc3ncccc3c2)c1. The molecule has 0 saturated heterocycles. The zero-order chi connectivity index (χ0) is 20.3. The van der Waals surface area contributed by atoms with Gasteiger partial charge in [-0.25, -0.2) is 9.97 Å². The van der Waals surface area contributed by atoms with Crippen LogP contribution in [-0.2, 0) is 0 Å². The lowest BCUT2D eigenvalue weighted by molar-refractivity contribution is 1.29. The zero-order valence-corrected chi connectivity index (χ0v) is 16.7. The quantitative estimate of drug-likeness (QED) is 0.256. The summed E-state index contributed by atoms with van der Waals surface area (Å²) in [6, 6.07) is 25.5. The number of hydrogen-bond acceptors (Lipinski definition) is 7. The van der Waals surface area contributed by atoms with Gasteiger partial charge in [-0.15, -0.1) is 0 Å². The lowest BCUT2D eigenvalue weighted by Crippen LogP contribution is -2.02. The molecular formula is C23H18N6S. The smallest absolute Gasteiger partial charge is 0.180 e. The number of fused-ring (bicyclic) bond motifs is 2. The number of nitrogens with zero attached hydrogens (tertiary/aromatic N) is 3. The minimum absolute atomic E-state index is 0.646. The number of benzene rings is 3. The second-order valence-electron chi connectivity index (χ2n) is 6.72. The van der Waals surface area contributed by atoms with Crippen molar-refractivity contribution in [1.29, 1.82) is 0 Å². The summed E-state index contributed by atoms with van der Waals surface area (Å²) in [5, 5.41) is 4.46. The number of nitrogen functional groups attached to an aromatic ring is 1. The van der Waals surface area contributed by atoms with E-state index < -0.39 is 0 Å². The molecule has 0 aliphatic heterocycles. The van der Waals surface area contributed by atoms with Crippen LogP contribution in [0.4, 0.5) is 23.0 Å². The van der Waals surface area contributed by atoms with Gasteiger partial charge >= 0.3 is 0 Å². The predicted octanol–water partition coefficient (Wildman–Crippen LogP) is 5.62. The van der Waals surface area contributed by atoms with Crippen LogP contribution >= 0.6 is 11.9 Å². The van der Waals surface area contributed by atoms with Crippen LogP contribution in [0.25, 0.3) is 21.9 Å². The van der Waals surface area contributed by atoms with Gasteiger partial charge in [-0.3, -0.25) is 4.98 Å². The summed E-state index contributed by atoms with van der Waals surface area (Å²) in [6.07, 6.45) is 1.79. The van der Waals surface area contributed by atoms with Gasteiger partial charge in [0.05, 0.1) is 16.6 Å². The Hall–Kier alpha value is -3.84. The molecule has 0 bridgehead atoms. The van der Waals surface area contributed by atoms with Crippen LogP contribution in [0.2, 0.25) is 0 Å². The normalized spacial score (nSPS) is 10.9. The van der Waals surface area contributed by atoms with E-state index in [-0.39, 0.29) is 0 Å². The molecule has 0 amide bonds. The van der Waals surface area contributed by atoms with E-state index in [0.717, 1.165) is 38.2 Å². The first kappa shape index (κ1) is 18.2. The van der Waals surface area contributed by atoms with Gasteiger partial charge in [-0.1, -0.05) is 24.3 Å². The number of anilines is 4. The van der Waals surface area contributed by atoms with Crippen molar-refractivity contribution in [3.05, 3.63) is 85.1 Å². The molecule has 0 aliphatic rings. The minimum Gasteiger partial charge on any atom is -0.399 e. The van der Waals surface area contributed by atoms with Crippen LogP contribution in [0.1, 0.15) is 0 Å². The Morgan fingerprint density at radius 3 is 2.40 bits per heavy atom. The van der Waals surface area contributed by atoms with Gasteiger partial charge in [0.1, 0.15) is 0 Å². The summed E-state index contributed by atoms with van der Waals surface area (Å²) >= 11 is 1.44. The highest BCUT2D eigenvalue weighted by Gasteiger charge is 2.10. The van der Waals surface area contributed by atoms with Gasteiger partial charge in [0.2, 0.25) is 0 Å². The maximum atomic E-state index is 5.89. The van der Waals surface area contributed by atoms with Crippen molar-refractivity contribution in [3.8, 4) is 0 Å². The fourth-order valence-electron chi connectivity index (χ4n) is 3.13. The molecule has 2 aromatic heterocycles. The Morgan fingerprint density at radius 1 is 0.733 bits per heavy atom. The monoisotopic (exact) mass is 410 g/mol. The molecule has 5 aromatic rings. The fourth-order valence-corrected chi connectivity index (χ4v) is 3.83. The molecule has 3 aromatic carbocycles. The molecule has 7 heteroatoms. The van der Waals surface area contributed by atoms with Gasteiger partial charge in [-0.2, -0.15) is 0 Å². The van der Waals surface area contributed by atoms with E-state index >= 15 is 0 Å². The number of hydrogen-bond donors (Lipinski definition) is 3. The van der Waals surface area contributed by atoms with Crippen molar-refractivity contribution in [2.45, 2.75) is 4.90 Å². The largest absolute Gasteiger partial charge is 0.399 e. The van der Waals surface area contributed by atoms with Crippen molar-refractivity contribution in [2.75, 3.05) is 15.8 Å². The van der Waals surface area contributed by atoms with E-state index in [2.05, 4.69) is 15.0 Å². The molecule has 5 rings (SSSR count). The van der Waals surface area contributed by atoms with E-state index in [4.69, 9.17) is 15.7 Å².